The van der Waals surface area contributed by atoms with Crippen molar-refractivity contribution in [2.24, 2.45) is 0 Å². The van der Waals surface area contributed by atoms with Crippen LogP contribution in [0.2, 0.25) is 5.02 Å². The Morgan fingerprint density at radius 1 is 1.07 bits per heavy atom. The molecule has 0 aliphatic carbocycles. The maximum absolute atomic E-state index is 12.7. The minimum atomic E-state index is -0.141. The first kappa shape index (κ1) is 19.1. The lowest BCUT2D eigenvalue weighted by Crippen LogP contribution is -1.99. The molecular weight excluding hydrogens is 388 g/mol. The van der Waals surface area contributed by atoms with Crippen molar-refractivity contribution >= 4 is 23.5 Å². The second-order valence-corrected chi connectivity index (χ2v) is 7.13. The number of carbonyl (C=O) groups excluding carboxylic acids is 1. The van der Waals surface area contributed by atoms with E-state index in [1.165, 1.54) is 0 Å². The zero-order valence-electron chi connectivity index (χ0n) is 16.1. The van der Waals surface area contributed by atoms with Gasteiger partial charge in [0.2, 0.25) is 5.78 Å². The number of halogens is 1. The first-order valence-electron chi connectivity index (χ1n) is 9.14. The van der Waals surface area contributed by atoms with E-state index < -0.39 is 0 Å². The van der Waals surface area contributed by atoms with Crippen molar-refractivity contribution in [3.05, 3.63) is 93.7 Å². The monoisotopic (exact) mass is 406 g/mol. The number of allylic oxidation sites excluding steroid dienone is 1. The number of benzene rings is 3. The number of Topliss-reactive ketones (excluding diaryl/α,β-unsaturated/α-hetero) is 1. The van der Waals surface area contributed by atoms with Crippen LogP contribution < -0.4 is 14.2 Å². The van der Waals surface area contributed by atoms with Gasteiger partial charge in [-0.05, 0) is 60.5 Å². The van der Waals surface area contributed by atoms with Crippen molar-refractivity contribution in [3.8, 4) is 17.2 Å². The molecule has 0 unspecified atom stereocenters. The predicted octanol–water partition coefficient (Wildman–Crippen LogP) is 5.85. The molecule has 3 aromatic rings. The maximum Gasteiger partial charge on any atom is 0.231 e. The normalized spacial score (nSPS) is 13.9. The summed E-state index contributed by atoms with van der Waals surface area (Å²) in [6, 6.07) is 18.5. The summed E-state index contributed by atoms with van der Waals surface area (Å²) in [5.74, 6) is 2.14. The van der Waals surface area contributed by atoms with Gasteiger partial charge in [0, 0.05) is 10.6 Å². The molecule has 0 saturated heterocycles. The molecule has 5 heteroatoms. The number of carbonyl (C=O) groups is 1. The Morgan fingerprint density at radius 3 is 2.62 bits per heavy atom. The fourth-order valence-electron chi connectivity index (χ4n) is 3.16. The van der Waals surface area contributed by atoms with Crippen LogP contribution in [0.3, 0.4) is 0 Å². The maximum atomic E-state index is 12.7. The Bertz CT molecular complexity index is 1100. The summed E-state index contributed by atoms with van der Waals surface area (Å²) in [6.45, 7) is 2.27. The Kier molecular flexibility index (Phi) is 5.28. The van der Waals surface area contributed by atoms with Crippen molar-refractivity contribution in [1.29, 1.82) is 0 Å². The number of hydrogen-bond acceptors (Lipinski definition) is 4. The largest absolute Gasteiger partial charge is 0.497 e. The van der Waals surface area contributed by atoms with Gasteiger partial charge in [-0.3, -0.25) is 4.79 Å². The van der Waals surface area contributed by atoms with Gasteiger partial charge in [0.1, 0.15) is 23.9 Å². The van der Waals surface area contributed by atoms with Gasteiger partial charge in [-0.2, -0.15) is 0 Å². The van der Waals surface area contributed by atoms with E-state index in [2.05, 4.69) is 0 Å². The Labute approximate surface area is 174 Å². The molecule has 0 atom stereocenters. The van der Waals surface area contributed by atoms with Crippen LogP contribution in [0.5, 0.6) is 17.2 Å². The minimum Gasteiger partial charge on any atom is -0.497 e. The fraction of sp³-hybridized carbons (Fsp3) is 0.125. The van der Waals surface area contributed by atoms with Crippen LogP contribution in [0.15, 0.2) is 66.4 Å². The van der Waals surface area contributed by atoms with Gasteiger partial charge in [0.25, 0.3) is 0 Å². The first-order valence-corrected chi connectivity index (χ1v) is 9.52. The molecule has 0 amide bonds. The van der Waals surface area contributed by atoms with Crippen LogP contribution in [0.25, 0.3) is 6.08 Å². The van der Waals surface area contributed by atoms with E-state index in [0.717, 1.165) is 22.4 Å². The van der Waals surface area contributed by atoms with E-state index in [9.17, 15) is 4.79 Å². The van der Waals surface area contributed by atoms with Crippen molar-refractivity contribution in [2.45, 2.75) is 13.5 Å². The van der Waals surface area contributed by atoms with Crippen LogP contribution in [0, 0.1) is 6.92 Å². The highest BCUT2D eigenvalue weighted by atomic mass is 35.5. The van der Waals surface area contributed by atoms with Gasteiger partial charge in [-0.1, -0.05) is 35.9 Å². The molecule has 3 aromatic carbocycles. The zero-order chi connectivity index (χ0) is 20.4. The summed E-state index contributed by atoms with van der Waals surface area (Å²) in [6.07, 6.45) is 1.72. The van der Waals surface area contributed by atoms with Gasteiger partial charge >= 0.3 is 0 Å². The van der Waals surface area contributed by atoms with Crippen LogP contribution in [-0.2, 0) is 6.61 Å². The van der Waals surface area contributed by atoms with Crippen molar-refractivity contribution in [2.75, 3.05) is 7.11 Å². The van der Waals surface area contributed by atoms with Gasteiger partial charge in [-0.15, -0.1) is 0 Å². The molecule has 0 aromatic heterocycles. The van der Waals surface area contributed by atoms with Gasteiger partial charge in [-0.25, -0.2) is 0 Å². The molecule has 29 heavy (non-hydrogen) atoms. The number of rotatable bonds is 5. The quantitative estimate of drug-likeness (QED) is 0.498. The summed E-state index contributed by atoms with van der Waals surface area (Å²) in [5, 5.41) is 0.641. The molecule has 146 valence electrons. The molecule has 1 aliphatic rings. The van der Waals surface area contributed by atoms with Gasteiger partial charge in [0.05, 0.1) is 12.7 Å². The summed E-state index contributed by atoms with van der Waals surface area (Å²) in [7, 11) is 1.63. The topological polar surface area (TPSA) is 44.8 Å². The lowest BCUT2D eigenvalue weighted by Gasteiger charge is -2.12. The highest BCUT2D eigenvalue weighted by Crippen LogP contribution is 2.39. The Balaban J connectivity index is 1.55. The standard InChI is InChI=1S/C24H19ClO4/c1-15-21(28-14-17-4-3-5-19(12-17)27-2)11-10-20-23(26)22(29-24(15)20)13-16-6-8-18(25)9-7-16/h3-13H,14H2,1-2H3/b22-13-. The van der Waals surface area contributed by atoms with Crippen molar-refractivity contribution in [1.82, 2.24) is 0 Å². The van der Waals surface area contributed by atoms with E-state index in [1.54, 1.807) is 37.5 Å². The van der Waals surface area contributed by atoms with Crippen LogP contribution in [0.4, 0.5) is 0 Å². The van der Waals surface area contributed by atoms with E-state index in [4.69, 9.17) is 25.8 Å². The Hall–Kier alpha value is -3.24. The zero-order valence-corrected chi connectivity index (χ0v) is 16.8. The molecule has 1 aliphatic heterocycles. The average molecular weight is 407 g/mol. The number of ketones is 1. The summed E-state index contributed by atoms with van der Waals surface area (Å²) < 4.78 is 17.1. The molecule has 0 spiro atoms. The molecular formula is C24H19ClO4. The van der Waals surface area contributed by atoms with Crippen molar-refractivity contribution in [3.63, 3.8) is 0 Å². The molecule has 0 N–H and O–H groups in total. The number of ether oxygens (including phenoxy) is 3. The number of hydrogen-bond donors (Lipinski definition) is 0. The third-order valence-electron chi connectivity index (χ3n) is 4.73. The molecule has 0 fully saturated rings. The van der Waals surface area contributed by atoms with E-state index >= 15 is 0 Å². The summed E-state index contributed by atoms with van der Waals surface area (Å²) in [4.78, 5) is 12.7. The van der Waals surface area contributed by atoms with E-state index in [1.807, 2.05) is 43.3 Å². The predicted molar refractivity (Wildman–Crippen MR) is 113 cm³/mol. The third-order valence-corrected chi connectivity index (χ3v) is 4.98. The molecule has 0 saturated carbocycles. The van der Waals surface area contributed by atoms with Crippen molar-refractivity contribution < 1.29 is 19.0 Å². The fourth-order valence-corrected chi connectivity index (χ4v) is 3.28. The van der Waals surface area contributed by atoms with E-state index in [-0.39, 0.29) is 11.5 Å². The Morgan fingerprint density at radius 2 is 1.86 bits per heavy atom. The molecule has 4 rings (SSSR count). The average Bonchev–Trinajstić information content (AvgIpc) is 3.06. The van der Waals surface area contributed by atoms with Crippen LogP contribution >= 0.6 is 11.6 Å². The van der Waals surface area contributed by atoms with Gasteiger partial charge < -0.3 is 14.2 Å². The smallest absolute Gasteiger partial charge is 0.231 e. The van der Waals surface area contributed by atoms with Gasteiger partial charge in [0.15, 0.2) is 5.76 Å². The molecule has 0 bridgehead atoms. The second-order valence-electron chi connectivity index (χ2n) is 6.70. The van der Waals surface area contributed by atoms with E-state index in [0.29, 0.717) is 28.7 Å². The SMILES string of the molecule is COc1cccc(COc2ccc3c(c2C)O/C(=C\c2ccc(Cl)cc2)C3=O)c1. The second kappa shape index (κ2) is 8.02. The molecule has 1 heterocycles. The number of fused-ring (bicyclic) bond motifs is 1. The van der Waals surface area contributed by atoms with Crippen LogP contribution in [0.1, 0.15) is 27.0 Å². The summed E-state index contributed by atoms with van der Waals surface area (Å²) >= 11 is 5.92. The highest BCUT2D eigenvalue weighted by molar-refractivity contribution is 6.30. The lowest BCUT2D eigenvalue weighted by molar-refractivity contribution is 0.101. The van der Waals surface area contributed by atoms with Crippen LogP contribution in [-0.4, -0.2) is 12.9 Å². The lowest BCUT2D eigenvalue weighted by atomic mass is 10.1. The molecule has 0 radical (unpaired) electrons. The number of methoxy groups -OCH3 is 1. The summed E-state index contributed by atoms with van der Waals surface area (Å²) in [5.41, 5.74) is 3.16. The first-order chi connectivity index (χ1) is 14.0. The third kappa shape index (κ3) is 3.98. The molecule has 4 nitrogen and oxygen atoms in total. The minimum absolute atomic E-state index is 0.141. The highest BCUT2D eigenvalue weighted by Gasteiger charge is 2.30.